The third-order valence-corrected chi connectivity index (χ3v) is 1.86. The lowest BCUT2D eigenvalue weighted by Gasteiger charge is -2.05. The molecule has 0 fully saturated rings. The van der Waals surface area contributed by atoms with Crippen molar-refractivity contribution in [3.63, 3.8) is 0 Å². The molecule has 11 heavy (non-hydrogen) atoms. The number of hydrogen-bond acceptors (Lipinski definition) is 2. The summed E-state index contributed by atoms with van der Waals surface area (Å²) in [5.74, 6) is 0. The molecule has 0 N–H and O–H groups in total. The largest absolute Gasteiger partial charge is 0.345 e. The van der Waals surface area contributed by atoms with E-state index >= 15 is 0 Å². The summed E-state index contributed by atoms with van der Waals surface area (Å²) in [4.78, 5) is 11.2. The molecule has 0 spiro atoms. The van der Waals surface area contributed by atoms with E-state index in [9.17, 15) is 4.79 Å². The number of hydrogen-bond donors (Lipinski definition) is 0. The first-order valence-corrected chi connectivity index (χ1v) is 3.77. The van der Waals surface area contributed by atoms with Gasteiger partial charge < -0.3 is 0 Å². The molecule has 1 atom stereocenters. The predicted octanol–water partition coefficient (Wildman–Crippen LogP) is 0.553. The molecule has 0 aliphatic carbocycles. The normalized spacial score (nSPS) is 13.4. The van der Waals surface area contributed by atoms with Gasteiger partial charge in [0.1, 0.15) is 6.33 Å². The van der Waals surface area contributed by atoms with Crippen molar-refractivity contribution in [2.24, 2.45) is 7.05 Å². The molecule has 1 aromatic rings. The highest BCUT2D eigenvalue weighted by atomic mass is 16.2. The summed E-state index contributed by atoms with van der Waals surface area (Å²) in [5.41, 5.74) is -0.0423. The van der Waals surface area contributed by atoms with Gasteiger partial charge in [0.05, 0.1) is 6.04 Å². The predicted molar refractivity (Wildman–Crippen MR) is 42.5 cm³/mol. The van der Waals surface area contributed by atoms with E-state index in [1.54, 1.807) is 7.05 Å². The molecule has 0 aromatic carbocycles. The van der Waals surface area contributed by atoms with Crippen LogP contribution in [-0.2, 0) is 7.05 Å². The van der Waals surface area contributed by atoms with E-state index in [4.69, 9.17) is 0 Å². The highest BCUT2D eigenvalue weighted by molar-refractivity contribution is 4.69. The maximum Gasteiger partial charge on any atom is 0.345 e. The van der Waals surface area contributed by atoms with Crippen LogP contribution in [0.15, 0.2) is 11.1 Å². The Hall–Kier alpha value is -1.06. The third kappa shape index (κ3) is 1.34. The molecule has 1 heterocycles. The van der Waals surface area contributed by atoms with Gasteiger partial charge in [0, 0.05) is 7.05 Å². The molecule has 62 valence electrons. The zero-order valence-corrected chi connectivity index (χ0v) is 7.11. The second kappa shape index (κ2) is 2.90. The fourth-order valence-corrected chi connectivity index (χ4v) is 0.869. The van der Waals surface area contributed by atoms with E-state index < -0.39 is 0 Å². The highest BCUT2D eigenvalue weighted by Crippen LogP contribution is 2.02. The lowest BCUT2D eigenvalue weighted by Crippen LogP contribution is -2.25. The highest BCUT2D eigenvalue weighted by Gasteiger charge is 2.06. The first kappa shape index (κ1) is 8.04. The lowest BCUT2D eigenvalue weighted by atomic mass is 10.3. The van der Waals surface area contributed by atoms with Gasteiger partial charge in [0.15, 0.2) is 0 Å². The second-order valence-electron chi connectivity index (χ2n) is 2.73. The SMILES string of the molecule is CC[C@@H](C)n1ncn(C)c1=O. The van der Waals surface area contributed by atoms with E-state index in [0.717, 1.165) is 6.42 Å². The van der Waals surface area contributed by atoms with E-state index in [1.807, 2.05) is 13.8 Å². The minimum absolute atomic E-state index is 0.0423. The van der Waals surface area contributed by atoms with Crippen molar-refractivity contribution < 1.29 is 0 Å². The van der Waals surface area contributed by atoms with Crippen molar-refractivity contribution >= 4 is 0 Å². The van der Waals surface area contributed by atoms with Crippen LogP contribution in [-0.4, -0.2) is 14.3 Å². The molecule has 4 heteroatoms. The van der Waals surface area contributed by atoms with Crippen LogP contribution >= 0.6 is 0 Å². The third-order valence-electron chi connectivity index (χ3n) is 1.86. The Morgan fingerprint density at radius 3 is 2.73 bits per heavy atom. The van der Waals surface area contributed by atoms with Crippen molar-refractivity contribution in [1.29, 1.82) is 0 Å². The lowest BCUT2D eigenvalue weighted by molar-refractivity contribution is 0.459. The van der Waals surface area contributed by atoms with Crippen molar-refractivity contribution in [3.8, 4) is 0 Å². The van der Waals surface area contributed by atoms with Gasteiger partial charge in [0.25, 0.3) is 0 Å². The van der Waals surface area contributed by atoms with Crippen LogP contribution in [0.4, 0.5) is 0 Å². The van der Waals surface area contributed by atoms with Gasteiger partial charge in [-0.1, -0.05) is 6.92 Å². The van der Waals surface area contributed by atoms with Crippen LogP contribution in [0.5, 0.6) is 0 Å². The average molecular weight is 155 g/mol. The van der Waals surface area contributed by atoms with Gasteiger partial charge in [-0.3, -0.25) is 4.57 Å². The molecule has 0 radical (unpaired) electrons. The molecule has 0 amide bonds. The monoisotopic (exact) mass is 155 g/mol. The number of aryl methyl sites for hydroxylation is 1. The Morgan fingerprint density at radius 2 is 2.36 bits per heavy atom. The first-order valence-electron chi connectivity index (χ1n) is 3.77. The number of nitrogens with zero attached hydrogens (tertiary/aromatic N) is 3. The number of rotatable bonds is 2. The molecule has 1 aromatic heterocycles. The fraction of sp³-hybridized carbons (Fsp3) is 0.714. The summed E-state index contributed by atoms with van der Waals surface area (Å²) in [6, 6.07) is 0.198. The molecule has 1 rings (SSSR count). The van der Waals surface area contributed by atoms with Gasteiger partial charge in [-0.25, -0.2) is 9.48 Å². The maximum atomic E-state index is 11.2. The maximum absolute atomic E-state index is 11.2. The Labute approximate surface area is 65.5 Å². The van der Waals surface area contributed by atoms with Crippen molar-refractivity contribution in [3.05, 3.63) is 16.8 Å². The summed E-state index contributed by atoms with van der Waals surface area (Å²) in [6.07, 6.45) is 2.46. The zero-order valence-electron chi connectivity index (χ0n) is 7.11. The summed E-state index contributed by atoms with van der Waals surface area (Å²) in [7, 11) is 1.70. The van der Waals surface area contributed by atoms with Crippen molar-refractivity contribution in [2.75, 3.05) is 0 Å². The van der Waals surface area contributed by atoms with Gasteiger partial charge >= 0.3 is 5.69 Å². The van der Waals surface area contributed by atoms with E-state index in [-0.39, 0.29) is 11.7 Å². The molecule has 0 saturated heterocycles. The van der Waals surface area contributed by atoms with Crippen LogP contribution < -0.4 is 5.69 Å². The summed E-state index contributed by atoms with van der Waals surface area (Å²) >= 11 is 0. The van der Waals surface area contributed by atoms with Crippen molar-refractivity contribution in [2.45, 2.75) is 26.3 Å². The van der Waals surface area contributed by atoms with Crippen molar-refractivity contribution in [1.82, 2.24) is 14.3 Å². The second-order valence-corrected chi connectivity index (χ2v) is 2.73. The van der Waals surface area contributed by atoms with Gasteiger partial charge in [-0.05, 0) is 13.3 Å². The molecular formula is C7H13N3O. The minimum Gasteiger partial charge on any atom is -0.285 e. The quantitative estimate of drug-likeness (QED) is 0.625. The van der Waals surface area contributed by atoms with E-state index in [0.29, 0.717) is 0 Å². The average Bonchev–Trinajstić information content (AvgIpc) is 2.32. The smallest absolute Gasteiger partial charge is 0.285 e. The minimum atomic E-state index is -0.0423. The first-order chi connectivity index (χ1) is 5.16. The molecule has 0 saturated carbocycles. The fourth-order valence-electron chi connectivity index (χ4n) is 0.869. The van der Waals surface area contributed by atoms with Crippen LogP contribution in [0, 0.1) is 0 Å². The van der Waals surface area contributed by atoms with Gasteiger partial charge in [-0.2, -0.15) is 5.10 Å². The molecule has 0 aliphatic heterocycles. The molecule has 0 unspecified atom stereocenters. The van der Waals surface area contributed by atoms with Crippen LogP contribution in [0.3, 0.4) is 0 Å². The Morgan fingerprint density at radius 1 is 1.73 bits per heavy atom. The topological polar surface area (TPSA) is 39.8 Å². The Balaban J connectivity index is 3.05. The van der Waals surface area contributed by atoms with Gasteiger partial charge in [0.2, 0.25) is 0 Å². The molecule has 0 aliphatic rings. The van der Waals surface area contributed by atoms with Crippen LogP contribution in [0.1, 0.15) is 26.3 Å². The van der Waals surface area contributed by atoms with Crippen LogP contribution in [0.2, 0.25) is 0 Å². The Bertz CT molecular complexity index is 286. The molecule has 4 nitrogen and oxygen atoms in total. The van der Waals surface area contributed by atoms with E-state index in [1.165, 1.54) is 15.6 Å². The molecule has 0 bridgehead atoms. The summed E-state index contributed by atoms with van der Waals surface area (Å²) in [5, 5.41) is 3.95. The van der Waals surface area contributed by atoms with Crippen LogP contribution in [0.25, 0.3) is 0 Å². The van der Waals surface area contributed by atoms with Gasteiger partial charge in [-0.15, -0.1) is 0 Å². The zero-order chi connectivity index (χ0) is 8.43. The number of aromatic nitrogens is 3. The van der Waals surface area contributed by atoms with E-state index in [2.05, 4.69) is 5.10 Å². The summed E-state index contributed by atoms with van der Waals surface area (Å²) in [6.45, 7) is 4.01. The summed E-state index contributed by atoms with van der Waals surface area (Å²) < 4.78 is 2.98. The molecular weight excluding hydrogens is 142 g/mol. The Kier molecular flexibility index (Phi) is 2.12. The standard InChI is InChI=1S/C7H13N3O/c1-4-6(2)10-7(11)9(3)5-8-10/h5-6H,4H2,1-3H3/t6-/m1/s1.